The lowest BCUT2D eigenvalue weighted by Gasteiger charge is -2.21. The quantitative estimate of drug-likeness (QED) is 0.625. The summed E-state index contributed by atoms with van der Waals surface area (Å²) >= 11 is 0. The Morgan fingerprint density at radius 1 is 1.22 bits per heavy atom. The van der Waals surface area contributed by atoms with E-state index in [2.05, 4.69) is 4.90 Å². The van der Waals surface area contributed by atoms with Crippen molar-refractivity contribution in [1.29, 1.82) is 0 Å². The van der Waals surface area contributed by atoms with Gasteiger partial charge in [0.25, 0.3) is 0 Å². The molecule has 0 unspecified atom stereocenters. The second-order valence-electron chi connectivity index (χ2n) is 4.55. The molecule has 0 aromatic heterocycles. The van der Waals surface area contributed by atoms with E-state index in [4.69, 9.17) is 10.5 Å². The molecule has 0 aliphatic carbocycles. The number of hydrogen-bond acceptors (Lipinski definition) is 5. The summed E-state index contributed by atoms with van der Waals surface area (Å²) in [6, 6.07) is 0. The number of ether oxygens (including phenoxy) is 1. The molecule has 108 valence electrons. The van der Waals surface area contributed by atoms with Crippen molar-refractivity contribution in [3.63, 3.8) is 0 Å². The molecule has 0 atom stereocenters. The molecular formula is C11H25N3O3S. The summed E-state index contributed by atoms with van der Waals surface area (Å²) in [5.74, 6) is 0.178. The molecule has 18 heavy (non-hydrogen) atoms. The van der Waals surface area contributed by atoms with Crippen LogP contribution >= 0.6 is 0 Å². The SMILES string of the molecule is COCCCS(=O)(=O)N1CCCN(CCN)CC1. The maximum atomic E-state index is 12.1. The van der Waals surface area contributed by atoms with Crippen molar-refractivity contribution in [3.05, 3.63) is 0 Å². The molecule has 1 aliphatic heterocycles. The second kappa shape index (κ2) is 8.06. The predicted molar refractivity (Wildman–Crippen MR) is 72.0 cm³/mol. The highest BCUT2D eigenvalue weighted by Crippen LogP contribution is 2.09. The van der Waals surface area contributed by atoms with Gasteiger partial charge in [-0.3, -0.25) is 0 Å². The number of methoxy groups -OCH3 is 1. The topological polar surface area (TPSA) is 75.9 Å². The van der Waals surface area contributed by atoms with E-state index in [1.807, 2.05) is 0 Å². The Kier molecular flexibility index (Phi) is 7.10. The van der Waals surface area contributed by atoms with Gasteiger partial charge in [0.05, 0.1) is 5.75 Å². The molecule has 1 fully saturated rings. The van der Waals surface area contributed by atoms with E-state index < -0.39 is 10.0 Å². The summed E-state index contributed by atoms with van der Waals surface area (Å²) in [6.45, 7) is 4.87. The summed E-state index contributed by atoms with van der Waals surface area (Å²) in [6.07, 6.45) is 1.44. The molecule has 1 aliphatic rings. The van der Waals surface area contributed by atoms with Crippen LogP contribution in [-0.2, 0) is 14.8 Å². The molecular weight excluding hydrogens is 254 g/mol. The number of nitrogens with two attached hydrogens (primary N) is 1. The molecule has 0 spiro atoms. The molecule has 0 bridgehead atoms. The van der Waals surface area contributed by atoms with Crippen LogP contribution < -0.4 is 5.73 Å². The Hall–Kier alpha value is -0.210. The molecule has 0 radical (unpaired) electrons. The third-order valence-corrected chi connectivity index (χ3v) is 5.09. The molecule has 1 rings (SSSR count). The zero-order chi connectivity index (χ0) is 13.4. The molecule has 7 heteroatoms. The first-order chi connectivity index (χ1) is 8.60. The van der Waals surface area contributed by atoms with Gasteiger partial charge in [-0.2, -0.15) is 0 Å². The van der Waals surface area contributed by atoms with E-state index in [1.54, 1.807) is 11.4 Å². The Bertz CT molecular complexity index is 321. The standard InChI is InChI=1S/C11H25N3O3S/c1-17-10-3-11-18(15,16)14-6-2-5-13(7-4-12)8-9-14/h2-12H2,1H3. The van der Waals surface area contributed by atoms with E-state index in [1.165, 1.54) is 0 Å². The zero-order valence-electron chi connectivity index (χ0n) is 11.2. The fourth-order valence-electron chi connectivity index (χ4n) is 2.15. The summed E-state index contributed by atoms with van der Waals surface area (Å²) < 4.78 is 30.7. The summed E-state index contributed by atoms with van der Waals surface area (Å²) in [7, 11) is -1.54. The normalized spacial score (nSPS) is 19.9. The van der Waals surface area contributed by atoms with Crippen molar-refractivity contribution in [2.24, 2.45) is 5.73 Å². The van der Waals surface area contributed by atoms with Crippen LogP contribution in [0, 0.1) is 0 Å². The number of hydrogen-bond donors (Lipinski definition) is 1. The first-order valence-corrected chi connectivity index (χ1v) is 8.10. The average Bonchev–Trinajstić information content (AvgIpc) is 2.56. The van der Waals surface area contributed by atoms with E-state index in [9.17, 15) is 8.42 Å². The largest absolute Gasteiger partial charge is 0.385 e. The van der Waals surface area contributed by atoms with Crippen LogP contribution in [-0.4, -0.2) is 76.4 Å². The molecule has 0 amide bonds. The third kappa shape index (κ3) is 5.19. The molecule has 1 heterocycles. The smallest absolute Gasteiger partial charge is 0.214 e. The Morgan fingerprint density at radius 3 is 2.67 bits per heavy atom. The minimum absolute atomic E-state index is 0.178. The molecule has 0 aromatic carbocycles. The lowest BCUT2D eigenvalue weighted by Crippen LogP contribution is -2.37. The van der Waals surface area contributed by atoms with E-state index in [-0.39, 0.29) is 5.75 Å². The minimum atomic E-state index is -3.12. The predicted octanol–water partition coefficient (Wildman–Crippen LogP) is -0.681. The van der Waals surface area contributed by atoms with Gasteiger partial charge < -0.3 is 15.4 Å². The molecule has 0 saturated carbocycles. The van der Waals surface area contributed by atoms with Crippen LogP contribution in [0.25, 0.3) is 0 Å². The van der Waals surface area contributed by atoms with Crippen molar-refractivity contribution in [1.82, 2.24) is 9.21 Å². The highest BCUT2D eigenvalue weighted by atomic mass is 32.2. The fourth-order valence-corrected chi connectivity index (χ4v) is 3.65. The van der Waals surface area contributed by atoms with Gasteiger partial charge in [-0.05, 0) is 19.4 Å². The minimum Gasteiger partial charge on any atom is -0.385 e. The number of nitrogens with zero attached hydrogens (tertiary/aromatic N) is 2. The van der Waals surface area contributed by atoms with Crippen LogP contribution in [0.3, 0.4) is 0 Å². The van der Waals surface area contributed by atoms with Crippen molar-refractivity contribution in [2.75, 3.05) is 58.7 Å². The van der Waals surface area contributed by atoms with Gasteiger partial charge in [0, 0.05) is 46.4 Å². The van der Waals surface area contributed by atoms with Gasteiger partial charge in [-0.25, -0.2) is 12.7 Å². The first-order valence-electron chi connectivity index (χ1n) is 6.49. The van der Waals surface area contributed by atoms with Crippen LogP contribution in [0.4, 0.5) is 0 Å². The first kappa shape index (κ1) is 15.8. The van der Waals surface area contributed by atoms with E-state index >= 15 is 0 Å². The van der Waals surface area contributed by atoms with Crippen LogP contribution in [0.15, 0.2) is 0 Å². The van der Waals surface area contributed by atoms with E-state index in [0.29, 0.717) is 32.7 Å². The summed E-state index contributed by atoms with van der Waals surface area (Å²) in [5, 5.41) is 0. The Morgan fingerprint density at radius 2 is 2.00 bits per heavy atom. The van der Waals surface area contributed by atoms with Gasteiger partial charge >= 0.3 is 0 Å². The van der Waals surface area contributed by atoms with Gasteiger partial charge in [0.15, 0.2) is 0 Å². The van der Waals surface area contributed by atoms with Crippen LogP contribution in [0.1, 0.15) is 12.8 Å². The third-order valence-electron chi connectivity index (χ3n) is 3.14. The molecule has 1 saturated heterocycles. The summed E-state index contributed by atoms with van der Waals surface area (Å²) in [4.78, 5) is 2.23. The van der Waals surface area contributed by atoms with Crippen molar-refractivity contribution < 1.29 is 13.2 Å². The van der Waals surface area contributed by atoms with Gasteiger partial charge in [-0.1, -0.05) is 0 Å². The maximum absolute atomic E-state index is 12.1. The molecule has 6 nitrogen and oxygen atoms in total. The monoisotopic (exact) mass is 279 g/mol. The lowest BCUT2D eigenvalue weighted by molar-refractivity contribution is 0.199. The number of sulfonamides is 1. The molecule has 2 N–H and O–H groups in total. The molecule has 0 aromatic rings. The van der Waals surface area contributed by atoms with Crippen LogP contribution in [0.2, 0.25) is 0 Å². The summed E-state index contributed by atoms with van der Waals surface area (Å²) in [5.41, 5.74) is 5.52. The second-order valence-corrected chi connectivity index (χ2v) is 6.63. The Balaban J connectivity index is 2.45. The highest BCUT2D eigenvalue weighted by Gasteiger charge is 2.24. The highest BCUT2D eigenvalue weighted by molar-refractivity contribution is 7.89. The number of rotatable bonds is 7. The zero-order valence-corrected chi connectivity index (χ0v) is 12.0. The van der Waals surface area contributed by atoms with Crippen molar-refractivity contribution in [3.8, 4) is 0 Å². The van der Waals surface area contributed by atoms with Crippen molar-refractivity contribution >= 4 is 10.0 Å². The van der Waals surface area contributed by atoms with Gasteiger partial charge in [-0.15, -0.1) is 0 Å². The van der Waals surface area contributed by atoms with Crippen molar-refractivity contribution in [2.45, 2.75) is 12.8 Å². The van der Waals surface area contributed by atoms with Gasteiger partial charge in [0.2, 0.25) is 10.0 Å². The maximum Gasteiger partial charge on any atom is 0.214 e. The van der Waals surface area contributed by atoms with E-state index in [0.717, 1.165) is 26.1 Å². The van der Waals surface area contributed by atoms with Crippen LogP contribution in [0.5, 0.6) is 0 Å². The Labute approximate surface area is 110 Å². The fraction of sp³-hybridized carbons (Fsp3) is 1.00. The average molecular weight is 279 g/mol. The van der Waals surface area contributed by atoms with Gasteiger partial charge in [0.1, 0.15) is 0 Å². The lowest BCUT2D eigenvalue weighted by atomic mass is 10.4.